The van der Waals surface area contributed by atoms with Gasteiger partial charge in [-0.25, -0.2) is 0 Å². The number of guanidine groups is 1. The Morgan fingerprint density at radius 1 is 1.31 bits per heavy atom. The van der Waals surface area contributed by atoms with E-state index in [0.29, 0.717) is 32.3 Å². The first-order valence-corrected chi connectivity index (χ1v) is 12.9. The quantitative estimate of drug-likeness (QED) is 0.495. The largest absolute Gasteiger partial charge is 0.487 e. The SMILES string of the molecule is CCC1(CC)CC(=O)N([C@H](CCOC)[C@H]2C[C@@H]2C(=O)N[C@H]2CC(C)(C)Oc3ccccc32)C(=N)N1. The first-order chi connectivity index (χ1) is 16.6. The lowest BCUT2D eigenvalue weighted by Crippen LogP contribution is -2.64. The molecule has 2 fully saturated rings. The van der Waals surface area contributed by atoms with Crippen LogP contribution >= 0.6 is 0 Å². The molecule has 192 valence electrons. The van der Waals surface area contributed by atoms with Gasteiger partial charge in [-0.3, -0.25) is 19.9 Å². The van der Waals surface area contributed by atoms with E-state index in [0.717, 1.165) is 24.2 Å². The fourth-order valence-corrected chi connectivity index (χ4v) is 5.81. The molecule has 1 saturated heterocycles. The minimum atomic E-state index is -0.373. The maximum Gasteiger partial charge on any atom is 0.231 e. The Kier molecular flexibility index (Phi) is 7.13. The summed E-state index contributed by atoms with van der Waals surface area (Å²) < 4.78 is 11.4. The molecule has 1 aromatic rings. The van der Waals surface area contributed by atoms with Crippen LogP contribution in [0.1, 0.15) is 77.8 Å². The van der Waals surface area contributed by atoms with Crippen molar-refractivity contribution in [2.24, 2.45) is 11.8 Å². The van der Waals surface area contributed by atoms with Crippen molar-refractivity contribution >= 4 is 17.8 Å². The predicted octanol–water partition coefficient (Wildman–Crippen LogP) is 3.76. The Morgan fingerprint density at radius 3 is 2.69 bits per heavy atom. The third kappa shape index (κ3) is 5.17. The van der Waals surface area contributed by atoms with Gasteiger partial charge in [0.05, 0.1) is 12.5 Å². The van der Waals surface area contributed by atoms with Gasteiger partial charge in [0, 0.05) is 43.2 Å². The summed E-state index contributed by atoms with van der Waals surface area (Å²) in [5.41, 5.74) is 0.267. The van der Waals surface area contributed by atoms with E-state index < -0.39 is 0 Å². The zero-order valence-electron chi connectivity index (χ0n) is 21.6. The van der Waals surface area contributed by atoms with Gasteiger partial charge >= 0.3 is 0 Å². The second kappa shape index (κ2) is 9.80. The Bertz CT molecular complexity index is 954. The number of amides is 2. The first-order valence-electron chi connectivity index (χ1n) is 12.9. The summed E-state index contributed by atoms with van der Waals surface area (Å²) >= 11 is 0. The maximum atomic E-state index is 13.4. The monoisotopic (exact) mass is 484 g/mol. The van der Waals surface area contributed by atoms with E-state index in [9.17, 15) is 9.59 Å². The summed E-state index contributed by atoms with van der Waals surface area (Å²) in [4.78, 5) is 28.2. The fourth-order valence-electron chi connectivity index (χ4n) is 5.81. The van der Waals surface area contributed by atoms with Gasteiger partial charge in [0.25, 0.3) is 0 Å². The van der Waals surface area contributed by atoms with Gasteiger partial charge in [0.2, 0.25) is 11.8 Å². The molecule has 3 aliphatic rings. The molecule has 4 atom stereocenters. The van der Waals surface area contributed by atoms with Crippen LogP contribution in [-0.2, 0) is 14.3 Å². The maximum absolute atomic E-state index is 13.4. The molecule has 1 aliphatic carbocycles. The predicted molar refractivity (Wildman–Crippen MR) is 134 cm³/mol. The molecule has 2 aliphatic heterocycles. The summed E-state index contributed by atoms with van der Waals surface area (Å²) in [5, 5.41) is 15.2. The van der Waals surface area contributed by atoms with Crippen LogP contribution < -0.4 is 15.4 Å². The van der Waals surface area contributed by atoms with Crippen molar-refractivity contribution in [1.29, 1.82) is 5.41 Å². The van der Waals surface area contributed by atoms with Crippen LogP contribution in [0.15, 0.2) is 24.3 Å². The summed E-state index contributed by atoms with van der Waals surface area (Å²) in [6.07, 6.45) is 3.92. The number of fused-ring (bicyclic) bond motifs is 1. The van der Waals surface area contributed by atoms with Crippen molar-refractivity contribution < 1.29 is 19.1 Å². The van der Waals surface area contributed by atoms with Gasteiger partial charge in [-0.2, -0.15) is 0 Å². The molecule has 4 rings (SSSR count). The number of nitrogens with zero attached hydrogens (tertiary/aromatic N) is 1. The number of rotatable bonds is 9. The molecule has 8 nitrogen and oxygen atoms in total. The van der Waals surface area contributed by atoms with Crippen molar-refractivity contribution in [1.82, 2.24) is 15.5 Å². The van der Waals surface area contributed by atoms with Crippen LogP contribution in [0.3, 0.4) is 0 Å². The van der Waals surface area contributed by atoms with E-state index in [1.54, 1.807) is 12.0 Å². The lowest BCUT2D eigenvalue weighted by atomic mass is 9.86. The number of methoxy groups -OCH3 is 1. The number of carbonyl (C=O) groups is 2. The molecule has 2 heterocycles. The van der Waals surface area contributed by atoms with Crippen LogP contribution in [0.2, 0.25) is 0 Å². The van der Waals surface area contributed by atoms with Crippen LogP contribution in [0.4, 0.5) is 0 Å². The second-order valence-corrected chi connectivity index (χ2v) is 10.9. The van der Waals surface area contributed by atoms with Gasteiger partial charge in [-0.05, 0) is 51.5 Å². The van der Waals surface area contributed by atoms with Gasteiger partial charge < -0.3 is 20.1 Å². The number of hydrogen-bond acceptors (Lipinski definition) is 5. The van der Waals surface area contributed by atoms with Gasteiger partial charge in [-0.15, -0.1) is 0 Å². The average Bonchev–Trinajstić information content (AvgIpc) is 3.60. The smallest absolute Gasteiger partial charge is 0.231 e. The van der Waals surface area contributed by atoms with Crippen molar-refractivity contribution in [3.8, 4) is 5.75 Å². The third-order valence-corrected chi connectivity index (χ3v) is 8.05. The van der Waals surface area contributed by atoms with Crippen LogP contribution in [-0.4, -0.2) is 53.6 Å². The van der Waals surface area contributed by atoms with E-state index in [4.69, 9.17) is 14.9 Å². The minimum Gasteiger partial charge on any atom is -0.487 e. The van der Waals surface area contributed by atoms with Crippen molar-refractivity contribution in [2.75, 3.05) is 13.7 Å². The zero-order valence-corrected chi connectivity index (χ0v) is 21.6. The molecule has 8 heteroatoms. The normalized spacial score (nSPS) is 27.3. The van der Waals surface area contributed by atoms with Crippen LogP contribution in [0, 0.1) is 17.2 Å². The third-order valence-electron chi connectivity index (χ3n) is 8.05. The molecule has 0 unspecified atom stereocenters. The van der Waals surface area contributed by atoms with Crippen molar-refractivity contribution in [3.05, 3.63) is 29.8 Å². The highest BCUT2D eigenvalue weighted by Crippen LogP contribution is 2.47. The molecule has 1 saturated carbocycles. The molecule has 0 radical (unpaired) electrons. The molecule has 2 amide bonds. The highest BCUT2D eigenvalue weighted by Gasteiger charge is 2.53. The van der Waals surface area contributed by atoms with Crippen molar-refractivity contribution in [2.45, 2.75) is 89.4 Å². The highest BCUT2D eigenvalue weighted by molar-refractivity contribution is 5.99. The van der Waals surface area contributed by atoms with Crippen LogP contribution in [0.25, 0.3) is 0 Å². The topological polar surface area (TPSA) is 104 Å². The number of para-hydroxylation sites is 1. The lowest BCUT2D eigenvalue weighted by Gasteiger charge is -2.45. The number of ether oxygens (including phenoxy) is 2. The Hall–Kier alpha value is -2.61. The Labute approximate surface area is 208 Å². The highest BCUT2D eigenvalue weighted by atomic mass is 16.5. The van der Waals surface area contributed by atoms with E-state index in [2.05, 4.69) is 10.6 Å². The average molecular weight is 485 g/mol. The van der Waals surface area contributed by atoms with Crippen molar-refractivity contribution in [3.63, 3.8) is 0 Å². The van der Waals surface area contributed by atoms with Gasteiger partial charge in [-0.1, -0.05) is 32.0 Å². The molecule has 1 aromatic carbocycles. The molecule has 0 spiro atoms. The fraction of sp³-hybridized carbons (Fsp3) is 0.667. The van der Waals surface area contributed by atoms with E-state index >= 15 is 0 Å². The molecule has 0 aromatic heterocycles. The van der Waals surface area contributed by atoms with E-state index in [-0.39, 0.29) is 52.8 Å². The molecular formula is C27H40N4O4. The number of hydrogen-bond donors (Lipinski definition) is 3. The Morgan fingerprint density at radius 2 is 2.03 bits per heavy atom. The number of benzene rings is 1. The molecule has 35 heavy (non-hydrogen) atoms. The number of nitrogens with one attached hydrogen (secondary N) is 3. The minimum absolute atomic E-state index is 0.00935. The second-order valence-electron chi connectivity index (χ2n) is 10.9. The van der Waals surface area contributed by atoms with E-state index in [1.807, 2.05) is 52.0 Å². The Balaban J connectivity index is 1.47. The molecule has 0 bridgehead atoms. The summed E-state index contributed by atoms with van der Waals surface area (Å²) in [5.74, 6) is 0.764. The standard InChI is InChI=1S/C27H40N4O4/c1-6-27(7-2)16-23(32)31(25(28)30-27)21(12-13-34-5)18-14-19(18)24(33)29-20-15-26(3,4)35-22-11-9-8-10-17(20)22/h8-11,18-21H,6-7,12-16H2,1-5H3,(H2,28,30)(H,29,33)/t18-,19-,20-,21+/m0/s1. The summed E-state index contributed by atoms with van der Waals surface area (Å²) in [6, 6.07) is 7.52. The lowest BCUT2D eigenvalue weighted by molar-refractivity contribution is -0.134. The first kappa shape index (κ1) is 25.5. The van der Waals surface area contributed by atoms with E-state index in [1.165, 1.54) is 0 Å². The zero-order chi connectivity index (χ0) is 25.4. The number of carbonyl (C=O) groups excluding carboxylic acids is 2. The molecule has 3 N–H and O–H groups in total. The summed E-state index contributed by atoms with van der Waals surface area (Å²) in [6.45, 7) is 8.64. The van der Waals surface area contributed by atoms with Gasteiger partial charge in [0.1, 0.15) is 11.4 Å². The summed E-state index contributed by atoms with van der Waals surface area (Å²) in [7, 11) is 1.64. The van der Waals surface area contributed by atoms with Gasteiger partial charge in [0.15, 0.2) is 5.96 Å². The molecular weight excluding hydrogens is 444 g/mol. The van der Waals surface area contributed by atoms with Crippen LogP contribution in [0.5, 0.6) is 5.75 Å².